The monoisotopic (exact) mass is 261 g/mol. The number of hydrogen-bond acceptors (Lipinski definition) is 2. The Balaban J connectivity index is 2.20. The molecule has 1 aromatic rings. The van der Waals surface area contributed by atoms with Crippen molar-refractivity contribution in [2.45, 2.75) is 58.5 Å². The zero-order valence-corrected chi connectivity index (χ0v) is 12.7. The van der Waals surface area contributed by atoms with Crippen molar-refractivity contribution in [1.29, 1.82) is 0 Å². The Morgan fingerprint density at radius 2 is 2.05 bits per heavy atom. The summed E-state index contributed by atoms with van der Waals surface area (Å²) in [6, 6.07) is 6.93. The molecule has 2 nitrogen and oxygen atoms in total. The van der Waals surface area contributed by atoms with E-state index >= 15 is 0 Å². The maximum Gasteiger partial charge on any atom is 0.115 e. The molecule has 19 heavy (non-hydrogen) atoms. The molecule has 0 heterocycles. The molecule has 2 heteroatoms. The molecule has 2 rings (SSSR count). The minimum atomic E-state index is 0.399. The number of rotatable bonds is 4. The lowest BCUT2D eigenvalue weighted by Crippen LogP contribution is -2.35. The number of nitrogens with zero attached hydrogens (tertiary/aromatic N) is 1. The van der Waals surface area contributed by atoms with Gasteiger partial charge >= 0.3 is 0 Å². The molecule has 0 aliphatic heterocycles. The van der Waals surface area contributed by atoms with Crippen LogP contribution in [-0.4, -0.2) is 23.1 Å². The third-order valence-electron chi connectivity index (χ3n) is 4.41. The van der Waals surface area contributed by atoms with Crippen LogP contribution in [0, 0.1) is 5.92 Å². The molecular formula is C17H27NO. The minimum Gasteiger partial charge on any atom is -0.508 e. The molecule has 1 aliphatic carbocycles. The van der Waals surface area contributed by atoms with E-state index in [-0.39, 0.29) is 0 Å². The Bertz CT molecular complexity index is 427. The van der Waals surface area contributed by atoms with Crippen LogP contribution in [0.4, 0.5) is 0 Å². The number of phenols is 1. The predicted octanol–water partition coefficient (Wildman–Crippen LogP) is 4.14. The smallest absolute Gasteiger partial charge is 0.115 e. The highest BCUT2D eigenvalue weighted by Crippen LogP contribution is 2.36. The van der Waals surface area contributed by atoms with Gasteiger partial charge in [0.25, 0.3) is 0 Å². The molecule has 1 aromatic carbocycles. The first-order valence-electron chi connectivity index (χ1n) is 7.52. The number of fused-ring (bicyclic) bond motifs is 1. The molecule has 0 saturated carbocycles. The van der Waals surface area contributed by atoms with Gasteiger partial charge in [0.15, 0.2) is 0 Å². The van der Waals surface area contributed by atoms with Crippen LogP contribution < -0.4 is 0 Å². The lowest BCUT2D eigenvalue weighted by atomic mass is 9.86. The van der Waals surface area contributed by atoms with Gasteiger partial charge in [-0.1, -0.05) is 19.9 Å². The average Bonchev–Trinajstić information content (AvgIpc) is 2.36. The van der Waals surface area contributed by atoms with E-state index in [1.165, 1.54) is 30.4 Å². The van der Waals surface area contributed by atoms with Crippen molar-refractivity contribution in [3.8, 4) is 5.75 Å². The van der Waals surface area contributed by atoms with E-state index in [0.717, 1.165) is 12.3 Å². The normalized spacial score (nSPS) is 20.6. The fourth-order valence-corrected chi connectivity index (χ4v) is 3.34. The average molecular weight is 261 g/mol. The summed E-state index contributed by atoms with van der Waals surface area (Å²) in [5, 5.41) is 9.75. The van der Waals surface area contributed by atoms with Crippen LogP contribution in [0.5, 0.6) is 5.75 Å². The van der Waals surface area contributed by atoms with Crippen LogP contribution >= 0.6 is 0 Å². The topological polar surface area (TPSA) is 23.5 Å². The molecule has 0 aromatic heterocycles. The number of phenolic OH excluding ortho intramolecular Hbond substituents is 1. The van der Waals surface area contributed by atoms with Crippen molar-refractivity contribution in [2.75, 3.05) is 7.05 Å². The molecule has 0 saturated heterocycles. The van der Waals surface area contributed by atoms with E-state index in [0.29, 0.717) is 17.8 Å². The van der Waals surface area contributed by atoms with Crippen molar-refractivity contribution < 1.29 is 5.11 Å². The minimum absolute atomic E-state index is 0.399. The van der Waals surface area contributed by atoms with Crippen LogP contribution in [0.25, 0.3) is 0 Å². The van der Waals surface area contributed by atoms with Crippen molar-refractivity contribution in [1.82, 2.24) is 4.90 Å². The Morgan fingerprint density at radius 1 is 1.32 bits per heavy atom. The summed E-state index contributed by atoms with van der Waals surface area (Å²) >= 11 is 0. The summed E-state index contributed by atoms with van der Waals surface area (Å²) in [5.41, 5.74) is 2.75. The maximum atomic E-state index is 9.75. The van der Waals surface area contributed by atoms with E-state index in [4.69, 9.17) is 0 Å². The second-order valence-electron chi connectivity index (χ2n) is 6.44. The second-order valence-corrected chi connectivity index (χ2v) is 6.44. The van der Waals surface area contributed by atoms with Crippen LogP contribution in [0.15, 0.2) is 18.2 Å². The van der Waals surface area contributed by atoms with E-state index in [1.54, 1.807) is 0 Å². The van der Waals surface area contributed by atoms with Gasteiger partial charge in [0, 0.05) is 12.1 Å². The van der Waals surface area contributed by atoms with Crippen LogP contribution in [-0.2, 0) is 6.42 Å². The van der Waals surface area contributed by atoms with E-state index < -0.39 is 0 Å². The molecule has 2 unspecified atom stereocenters. The maximum absolute atomic E-state index is 9.75. The molecule has 0 spiro atoms. The molecule has 0 bridgehead atoms. The second kappa shape index (κ2) is 5.96. The number of aromatic hydroxyl groups is 1. The third kappa shape index (κ3) is 3.30. The first-order valence-corrected chi connectivity index (χ1v) is 7.52. The Kier molecular flexibility index (Phi) is 4.51. The number of hydrogen-bond donors (Lipinski definition) is 1. The van der Waals surface area contributed by atoms with Crippen LogP contribution in [0.2, 0.25) is 0 Å². The van der Waals surface area contributed by atoms with Gasteiger partial charge in [-0.3, -0.25) is 4.90 Å². The van der Waals surface area contributed by atoms with Crippen molar-refractivity contribution in [3.05, 3.63) is 29.3 Å². The largest absolute Gasteiger partial charge is 0.508 e. The quantitative estimate of drug-likeness (QED) is 0.880. The molecule has 1 aliphatic rings. The van der Waals surface area contributed by atoms with Crippen molar-refractivity contribution >= 4 is 0 Å². The Morgan fingerprint density at radius 3 is 2.74 bits per heavy atom. The van der Waals surface area contributed by atoms with Gasteiger partial charge in [-0.2, -0.15) is 0 Å². The molecule has 2 atom stereocenters. The molecule has 1 N–H and O–H groups in total. The van der Waals surface area contributed by atoms with Gasteiger partial charge < -0.3 is 5.11 Å². The summed E-state index contributed by atoms with van der Waals surface area (Å²) in [6.45, 7) is 6.88. The van der Waals surface area contributed by atoms with Gasteiger partial charge in [0.05, 0.1) is 0 Å². The summed E-state index contributed by atoms with van der Waals surface area (Å²) in [5.74, 6) is 1.13. The molecule has 106 valence electrons. The van der Waals surface area contributed by atoms with Gasteiger partial charge in [-0.05, 0) is 68.8 Å². The van der Waals surface area contributed by atoms with Gasteiger partial charge in [-0.15, -0.1) is 0 Å². The molecule has 0 fully saturated rings. The van der Waals surface area contributed by atoms with Gasteiger partial charge in [-0.25, -0.2) is 0 Å². The standard InChI is InChI=1S/C17H27NO/c1-12(2)10-13(3)18(4)17-7-5-6-14-8-9-15(19)11-16(14)17/h8-9,11-13,17,19H,5-7,10H2,1-4H3. The lowest BCUT2D eigenvalue weighted by Gasteiger charge is -2.37. The van der Waals surface area contributed by atoms with Gasteiger partial charge in [0.2, 0.25) is 0 Å². The summed E-state index contributed by atoms with van der Waals surface area (Å²) in [4.78, 5) is 2.50. The summed E-state index contributed by atoms with van der Waals surface area (Å²) in [7, 11) is 2.23. The Hall–Kier alpha value is -1.02. The molecule has 0 amide bonds. The SMILES string of the molecule is CC(C)CC(C)N(C)C1CCCc2ccc(O)cc21. The van der Waals surface area contributed by atoms with E-state index in [2.05, 4.69) is 38.8 Å². The van der Waals surface area contributed by atoms with E-state index in [9.17, 15) is 5.11 Å². The van der Waals surface area contributed by atoms with Gasteiger partial charge in [0.1, 0.15) is 5.75 Å². The zero-order valence-electron chi connectivity index (χ0n) is 12.7. The van der Waals surface area contributed by atoms with Crippen LogP contribution in [0.1, 0.15) is 57.2 Å². The van der Waals surface area contributed by atoms with E-state index in [1.807, 2.05) is 12.1 Å². The first-order chi connectivity index (χ1) is 8.99. The highest BCUT2D eigenvalue weighted by Gasteiger charge is 2.26. The van der Waals surface area contributed by atoms with Crippen LogP contribution in [0.3, 0.4) is 0 Å². The number of aryl methyl sites for hydroxylation is 1. The first kappa shape index (κ1) is 14.4. The fourth-order valence-electron chi connectivity index (χ4n) is 3.34. The summed E-state index contributed by atoms with van der Waals surface area (Å²) < 4.78 is 0. The molecule has 0 radical (unpaired) electrons. The highest BCUT2D eigenvalue weighted by molar-refractivity contribution is 5.38. The predicted molar refractivity (Wildman–Crippen MR) is 80.5 cm³/mol. The lowest BCUT2D eigenvalue weighted by molar-refractivity contribution is 0.150. The van der Waals surface area contributed by atoms with Crippen molar-refractivity contribution in [2.24, 2.45) is 5.92 Å². The third-order valence-corrected chi connectivity index (χ3v) is 4.41. The Labute approximate surface area is 117 Å². The molecular weight excluding hydrogens is 234 g/mol. The highest BCUT2D eigenvalue weighted by atomic mass is 16.3. The summed E-state index contributed by atoms with van der Waals surface area (Å²) in [6.07, 6.45) is 4.83. The number of benzene rings is 1. The fraction of sp³-hybridized carbons (Fsp3) is 0.647. The zero-order chi connectivity index (χ0) is 14.0. The van der Waals surface area contributed by atoms with Crippen molar-refractivity contribution in [3.63, 3.8) is 0 Å².